The van der Waals surface area contributed by atoms with Crippen LogP contribution in [0.5, 0.6) is 0 Å². The van der Waals surface area contributed by atoms with Crippen molar-refractivity contribution in [3.63, 3.8) is 0 Å². The summed E-state index contributed by atoms with van der Waals surface area (Å²) >= 11 is 0. The van der Waals surface area contributed by atoms with Crippen molar-refractivity contribution in [2.45, 2.75) is 59.9 Å². The second kappa shape index (κ2) is 5.44. The Morgan fingerprint density at radius 3 is 1.73 bits per heavy atom. The minimum atomic E-state index is -0.184. The Bertz CT molecular complexity index is 597. The van der Waals surface area contributed by atoms with Crippen LogP contribution in [0.3, 0.4) is 0 Å². The summed E-state index contributed by atoms with van der Waals surface area (Å²) in [6.45, 7) is 12.4. The first-order valence-corrected chi connectivity index (χ1v) is 7.76. The zero-order chi connectivity index (χ0) is 16.0. The molecule has 22 heavy (non-hydrogen) atoms. The molecule has 0 amide bonds. The second-order valence-corrected chi connectivity index (χ2v) is 6.24. The third kappa shape index (κ3) is 2.53. The van der Waals surface area contributed by atoms with Crippen LogP contribution >= 0.6 is 0 Å². The quantitative estimate of drug-likeness (QED) is 0.860. The van der Waals surface area contributed by atoms with E-state index in [9.17, 15) is 0 Å². The van der Waals surface area contributed by atoms with Gasteiger partial charge in [0.2, 0.25) is 6.29 Å². The van der Waals surface area contributed by atoms with Gasteiger partial charge < -0.3 is 0 Å². The molecule has 0 saturated carbocycles. The molecule has 3 rings (SSSR count). The van der Waals surface area contributed by atoms with E-state index in [1.165, 1.54) is 0 Å². The van der Waals surface area contributed by atoms with E-state index < -0.39 is 0 Å². The van der Waals surface area contributed by atoms with Crippen LogP contribution in [0.4, 0.5) is 0 Å². The summed E-state index contributed by atoms with van der Waals surface area (Å²) in [6.07, 6.45) is 4.14. The van der Waals surface area contributed by atoms with Crippen LogP contribution in [0.15, 0.2) is 29.6 Å². The van der Waals surface area contributed by atoms with E-state index in [1.807, 2.05) is 21.6 Å². The third-order valence-electron chi connectivity index (χ3n) is 4.00. The average Bonchev–Trinajstić information content (AvgIpc) is 3.02. The van der Waals surface area contributed by atoms with Crippen LogP contribution in [0.2, 0.25) is 0 Å². The molecule has 6 heteroatoms. The fraction of sp³-hybridized carbons (Fsp3) is 0.562. The molecule has 0 fully saturated rings. The molecule has 0 saturated heterocycles. The largest absolute Gasteiger partial charge is 0.251 e. The fourth-order valence-corrected chi connectivity index (χ4v) is 3.17. The summed E-state index contributed by atoms with van der Waals surface area (Å²) in [5.41, 5.74) is 13.9. The lowest BCUT2D eigenvalue weighted by molar-refractivity contribution is -0.0351. The lowest BCUT2D eigenvalue weighted by atomic mass is 10.3. The summed E-state index contributed by atoms with van der Waals surface area (Å²) in [4.78, 5) is 0. The van der Waals surface area contributed by atoms with Gasteiger partial charge in [0, 0.05) is 17.1 Å². The molecule has 2 unspecified atom stereocenters. The molecule has 2 atom stereocenters. The summed E-state index contributed by atoms with van der Waals surface area (Å²) in [6, 6.07) is 2.46. The van der Waals surface area contributed by atoms with Crippen molar-refractivity contribution in [2.24, 2.45) is 0 Å². The lowest BCUT2D eigenvalue weighted by Gasteiger charge is -2.37. The third-order valence-corrected chi connectivity index (χ3v) is 4.00. The molecule has 118 valence electrons. The molecule has 3 heterocycles. The maximum absolute atomic E-state index is 4.75. The van der Waals surface area contributed by atoms with Gasteiger partial charge in [-0.2, -0.15) is 5.10 Å². The Hall–Kier alpha value is -1.79. The molecular weight excluding hydrogens is 276 g/mol. The van der Waals surface area contributed by atoms with Gasteiger partial charge in [0.25, 0.3) is 0 Å². The topological polar surface area (TPSA) is 52.5 Å². The van der Waals surface area contributed by atoms with Crippen LogP contribution in [0, 0.1) is 13.8 Å². The summed E-state index contributed by atoms with van der Waals surface area (Å²) in [5.74, 6) is 0. The predicted molar refractivity (Wildman–Crippen MR) is 85.1 cm³/mol. The Morgan fingerprint density at radius 1 is 0.909 bits per heavy atom. The molecule has 6 nitrogen and oxygen atoms in total. The molecule has 2 aliphatic heterocycles. The van der Waals surface area contributed by atoms with Crippen LogP contribution in [0.25, 0.3) is 0 Å². The second-order valence-electron chi connectivity index (χ2n) is 6.24. The zero-order valence-corrected chi connectivity index (χ0v) is 14.1. The van der Waals surface area contributed by atoms with Crippen molar-refractivity contribution < 1.29 is 0 Å². The Labute approximate surface area is 132 Å². The summed E-state index contributed by atoms with van der Waals surface area (Å²) in [7, 11) is 0. The zero-order valence-electron chi connectivity index (χ0n) is 14.1. The highest BCUT2D eigenvalue weighted by Crippen LogP contribution is 2.31. The Balaban J connectivity index is 2.02. The van der Waals surface area contributed by atoms with Crippen molar-refractivity contribution in [3.05, 3.63) is 41.0 Å². The van der Waals surface area contributed by atoms with Gasteiger partial charge in [-0.15, -0.1) is 10.9 Å². The summed E-state index contributed by atoms with van der Waals surface area (Å²) in [5, 5.41) is 8.74. The molecule has 1 aromatic rings. The van der Waals surface area contributed by atoms with E-state index >= 15 is 0 Å². The minimum Gasteiger partial charge on any atom is -0.251 e. The standard InChI is InChI=1S/C16H24N6/c1-10-7-13(4)20(17-10)16(21-14(5)8-11(2)18-21)22-15(6)9-12(3)19-22/h7-11,16H,1-6H3. The highest BCUT2D eigenvalue weighted by atomic mass is 15.8. The minimum absolute atomic E-state index is 0.184. The van der Waals surface area contributed by atoms with E-state index in [0.29, 0.717) is 0 Å². The fourth-order valence-electron chi connectivity index (χ4n) is 3.17. The van der Waals surface area contributed by atoms with Crippen molar-refractivity contribution in [1.29, 1.82) is 0 Å². The first kappa shape index (κ1) is 15.1. The van der Waals surface area contributed by atoms with E-state index in [2.05, 4.69) is 57.9 Å². The van der Waals surface area contributed by atoms with Gasteiger partial charge in [-0.05, 0) is 59.8 Å². The molecule has 0 spiro atoms. The normalized spacial score (nSPS) is 26.5. The predicted octanol–water partition coefficient (Wildman–Crippen LogP) is 2.21. The number of aryl methyl sites for hydroxylation is 2. The van der Waals surface area contributed by atoms with E-state index in [-0.39, 0.29) is 18.4 Å². The van der Waals surface area contributed by atoms with Crippen molar-refractivity contribution in [1.82, 2.24) is 30.6 Å². The smallest absolute Gasteiger partial charge is 0.229 e. The Kier molecular flexibility index (Phi) is 3.74. The van der Waals surface area contributed by atoms with Crippen LogP contribution in [-0.4, -0.2) is 31.9 Å². The molecule has 0 bridgehead atoms. The van der Waals surface area contributed by atoms with Crippen molar-refractivity contribution in [2.75, 3.05) is 0 Å². The lowest BCUT2D eigenvalue weighted by Crippen LogP contribution is -2.48. The van der Waals surface area contributed by atoms with Gasteiger partial charge in [-0.25, -0.2) is 4.68 Å². The molecule has 0 aliphatic carbocycles. The average molecular weight is 300 g/mol. The maximum Gasteiger partial charge on any atom is 0.229 e. The number of hydrogen-bond acceptors (Lipinski definition) is 3. The van der Waals surface area contributed by atoms with Gasteiger partial charge in [-0.1, -0.05) is 0 Å². The number of rotatable bonds is 3. The van der Waals surface area contributed by atoms with E-state index in [0.717, 1.165) is 22.8 Å². The van der Waals surface area contributed by atoms with Gasteiger partial charge in [0.15, 0.2) is 0 Å². The monoisotopic (exact) mass is 300 g/mol. The van der Waals surface area contributed by atoms with E-state index in [4.69, 9.17) is 10.9 Å². The van der Waals surface area contributed by atoms with E-state index in [1.54, 1.807) is 0 Å². The number of aromatic nitrogens is 2. The molecule has 1 aromatic heterocycles. The first-order chi connectivity index (χ1) is 10.4. The number of allylic oxidation sites excluding steroid dienone is 2. The molecule has 0 aromatic carbocycles. The maximum atomic E-state index is 4.75. The van der Waals surface area contributed by atoms with Crippen LogP contribution < -0.4 is 10.9 Å². The molecular formula is C16H24N6. The SMILES string of the molecule is CC1=CC(C)[N]N1C(N1[N]C(C)C=C1C)n1nc(C)cc1C. The highest BCUT2D eigenvalue weighted by molar-refractivity contribution is 5.15. The van der Waals surface area contributed by atoms with Gasteiger partial charge >= 0.3 is 0 Å². The van der Waals surface area contributed by atoms with Gasteiger partial charge in [-0.3, -0.25) is 10.0 Å². The number of nitrogens with zero attached hydrogens (tertiary/aromatic N) is 6. The van der Waals surface area contributed by atoms with Gasteiger partial charge in [0.05, 0.1) is 17.8 Å². The first-order valence-electron chi connectivity index (χ1n) is 7.76. The summed E-state index contributed by atoms with van der Waals surface area (Å²) < 4.78 is 2.01. The molecule has 2 aliphatic rings. The van der Waals surface area contributed by atoms with Crippen LogP contribution in [-0.2, 0) is 0 Å². The van der Waals surface area contributed by atoms with Gasteiger partial charge in [0.1, 0.15) is 0 Å². The van der Waals surface area contributed by atoms with Crippen molar-refractivity contribution >= 4 is 0 Å². The highest BCUT2D eigenvalue weighted by Gasteiger charge is 2.37. The Morgan fingerprint density at radius 2 is 1.41 bits per heavy atom. The van der Waals surface area contributed by atoms with Crippen LogP contribution in [0.1, 0.15) is 45.4 Å². The molecule has 2 radical (unpaired) electrons. The number of hydrogen-bond donors (Lipinski definition) is 0. The van der Waals surface area contributed by atoms with Crippen molar-refractivity contribution in [3.8, 4) is 0 Å². The molecule has 0 N–H and O–H groups in total.